The second kappa shape index (κ2) is 4.30. The van der Waals surface area contributed by atoms with Crippen molar-refractivity contribution in [1.82, 2.24) is 0 Å². The smallest absolute Gasteiger partial charge is 0.149 e. The van der Waals surface area contributed by atoms with Gasteiger partial charge in [-0.3, -0.25) is 4.79 Å². The topological polar surface area (TPSA) is 20.3 Å². The second-order valence-electron chi connectivity index (χ2n) is 4.08. The van der Waals surface area contributed by atoms with Crippen LogP contribution in [-0.2, 0) is 4.79 Å². The number of carbonyl (C=O) groups excluding carboxylic acids is 1. The summed E-state index contributed by atoms with van der Waals surface area (Å²) < 4.78 is 0. The molecule has 0 aromatic heterocycles. The summed E-state index contributed by atoms with van der Waals surface area (Å²) in [4.78, 5) is 12.8. The third kappa shape index (κ3) is 1.74. The summed E-state index contributed by atoms with van der Waals surface area (Å²) in [5, 5.41) is 0.576. The lowest BCUT2D eigenvalue weighted by atomic mass is 10.1. The highest BCUT2D eigenvalue weighted by Crippen LogP contribution is 2.34. The highest BCUT2D eigenvalue weighted by atomic mass is 35.5. The molecule has 16 heavy (non-hydrogen) atoms. The molecule has 84 valence electrons. The third-order valence-corrected chi connectivity index (χ3v) is 3.41. The van der Waals surface area contributed by atoms with Crippen molar-refractivity contribution in [3.8, 4) is 0 Å². The zero-order valence-corrected chi connectivity index (χ0v) is 10.2. The first kappa shape index (κ1) is 11.2. The van der Waals surface area contributed by atoms with Crippen LogP contribution in [0.4, 0.5) is 5.69 Å². The molecular formula is C13H14ClNO. The number of hydrogen-bond donors (Lipinski definition) is 0. The molecule has 3 heteroatoms. The molecule has 0 N–H and O–H groups in total. The maximum absolute atomic E-state index is 10.8. The SMILES string of the molecule is Cc1cccc(C)c1N1CCC(C=O)=C1Cl. The molecule has 2 rings (SSSR count). The predicted molar refractivity (Wildman–Crippen MR) is 66.8 cm³/mol. The maximum Gasteiger partial charge on any atom is 0.149 e. The van der Waals surface area contributed by atoms with Crippen molar-refractivity contribution < 1.29 is 4.79 Å². The van der Waals surface area contributed by atoms with Crippen LogP contribution in [0.3, 0.4) is 0 Å². The number of halogens is 1. The van der Waals surface area contributed by atoms with E-state index in [0.717, 1.165) is 24.9 Å². The van der Waals surface area contributed by atoms with Crippen LogP contribution in [-0.4, -0.2) is 12.8 Å². The zero-order chi connectivity index (χ0) is 11.7. The molecule has 0 saturated heterocycles. The van der Waals surface area contributed by atoms with E-state index in [4.69, 9.17) is 11.6 Å². The van der Waals surface area contributed by atoms with Gasteiger partial charge in [-0.05, 0) is 31.4 Å². The summed E-state index contributed by atoms with van der Waals surface area (Å²) in [7, 11) is 0. The summed E-state index contributed by atoms with van der Waals surface area (Å²) in [6, 6.07) is 6.15. The third-order valence-electron chi connectivity index (χ3n) is 2.96. The molecule has 1 aromatic carbocycles. The molecule has 0 atom stereocenters. The average Bonchev–Trinajstić information content (AvgIpc) is 2.60. The van der Waals surface area contributed by atoms with E-state index >= 15 is 0 Å². The van der Waals surface area contributed by atoms with Crippen molar-refractivity contribution in [3.05, 3.63) is 40.1 Å². The molecule has 0 saturated carbocycles. The van der Waals surface area contributed by atoms with Gasteiger partial charge in [-0.25, -0.2) is 0 Å². The Hall–Kier alpha value is -1.28. The summed E-state index contributed by atoms with van der Waals surface area (Å²) in [6.07, 6.45) is 1.59. The van der Waals surface area contributed by atoms with Gasteiger partial charge in [-0.2, -0.15) is 0 Å². The molecule has 0 spiro atoms. The Bertz CT molecular complexity index is 445. The lowest BCUT2D eigenvalue weighted by Crippen LogP contribution is -2.18. The van der Waals surface area contributed by atoms with Crippen LogP contribution in [0.5, 0.6) is 0 Å². The van der Waals surface area contributed by atoms with Gasteiger partial charge in [0.2, 0.25) is 0 Å². The molecule has 1 aliphatic rings. The minimum Gasteiger partial charge on any atom is -0.331 e. The van der Waals surface area contributed by atoms with Crippen molar-refractivity contribution in [2.75, 3.05) is 11.4 Å². The van der Waals surface area contributed by atoms with Crippen LogP contribution in [0.2, 0.25) is 0 Å². The Morgan fingerprint density at radius 1 is 1.31 bits per heavy atom. The van der Waals surface area contributed by atoms with Crippen LogP contribution in [0.1, 0.15) is 17.5 Å². The van der Waals surface area contributed by atoms with Crippen molar-refractivity contribution in [1.29, 1.82) is 0 Å². The molecule has 0 bridgehead atoms. The van der Waals surface area contributed by atoms with Crippen LogP contribution in [0.15, 0.2) is 28.9 Å². The van der Waals surface area contributed by atoms with Gasteiger partial charge in [-0.15, -0.1) is 0 Å². The number of hydrogen-bond acceptors (Lipinski definition) is 2. The van der Waals surface area contributed by atoms with E-state index in [9.17, 15) is 4.79 Å². The van der Waals surface area contributed by atoms with Crippen molar-refractivity contribution >= 4 is 23.6 Å². The number of benzene rings is 1. The molecule has 1 aliphatic heterocycles. The second-order valence-corrected chi connectivity index (χ2v) is 4.43. The van der Waals surface area contributed by atoms with Gasteiger partial charge in [-0.1, -0.05) is 29.8 Å². The van der Waals surface area contributed by atoms with Crippen molar-refractivity contribution in [2.45, 2.75) is 20.3 Å². The first-order valence-electron chi connectivity index (χ1n) is 5.32. The number of aryl methyl sites for hydroxylation is 2. The van der Waals surface area contributed by atoms with Crippen molar-refractivity contribution in [3.63, 3.8) is 0 Å². The molecule has 1 aromatic rings. The summed E-state index contributed by atoms with van der Waals surface area (Å²) in [5.74, 6) is 0. The molecule has 1 heterocycles. The van der Waals surface area contributed by atoms with Gasteiger partial charge in [0.15, 0.2) is 0 Å². The molecule has 0 aliphatic carbocycles. The van der Waals surface area contributed by atoms with Gasteiger partial charge >= 0.3 is 0 Å². The Morgan fingerprint density at radius 3 is 2.44 bits per heavy atom. The quantitative estimate of drug-likeness (QED) is 0.580. The van der Waals surface area contributed by atoms with Crippen LogP contribution in [0.25, 0.3) is 0 Å². The van der Waals surface area contributed by atoms with E-state index in [1.165, 1.54) is 11.1 Å². The zero-order valence-electron chi connectivity index (χ0n) is 9.46. The van der Waals surface area contributed by atoms with Gasteiger partial charge in [0, 0.05) is 17.8 Å². The Balaban J connectivity index is 2.47. The highest BCUT2D eigenvalue weighted by Gasteiger charge is 2.23. The predicted octanol–water partition coefficient (Wildman–Crippen LogP) is 3.16. The maximum atomic E-state index is 10.8. The van der Waals surface area contributed by atoms with E-state index in [1.54, 1.807) is 0 Å². The van der Waals surface area contributed by atoms with Gasteiger partial charge < -0.3 is 4.90 Å². The van der Waals surface area contributed by atoms with Crippen LogP contribution in [0, 0.1) is 13.8 Å². The number of carbonyl (C=O) groups is 1. The van der Waals surface area contributed by atoms with Gasteiger partial charge in [0.25, 0.3) is 0 Å². The first-order valence-corrected chi connectivity index (χ1v) is 5.70. The van der Waals surface area contributed by atoms with E-state index in [0.29, 0.717) is 10.7 Å². The largest absolute Gasteiger partial charge is 0.331 e. The molecular weight excluding hydrogens is 222 g/mol. The average molecular weight is 236 g/mol. The fourth-order valence-electron chi connectivity index (χ4n) is 2.16. The lowest BCUT2D eigenvalue weighted by Gasteiger charge is -2.23. The first-order chi connectivity index (χ1) is 7.65. The fourth-order valence-corrected chi connectivity index (χ4v) is 2.46. The van der Waals surface area contributed by atoms with Gasteiger partial charge in [0.05, 0.1) is 0 Å². The van der Waals surface area contributed by atoms with E-state index in [2.05, 4.69) is 26.0 Å². The number of rotatable bonds is 2. The minimum atomic E-state index is 0.576. The molecule has 0 unspecified atom stereocenters. The summed E-state index contributed by atoms with van der Waals surface area (Å²) in [5.41, 5.74) is 4.20. The number of nitrogens with zero attached hydrogens (tertiary/aromatic N) is 1. The number of anilines is 1. The molecule has 0 radical (unpaired) electrons. The monoisotopic (exact) mass is 235 g/mol. The lowest BCUT2D eigenvalue weighted by molar-refractivity contribution is -0.105. The molecule has 0 fully saturated rings. The fraction of sp³-hybridized carbons (Fsp3) is 0.308. The van der Waals surface area contributed by atoms with Crippen LogP contribution >= 0.6 is 11.6 Å². The normalized spacial score (nSPS) is 15.8. The minimum absolute atomic E-state index is 0.576. The summed E-state index contributed by atoms with van der Waals surface area (Å²) >= 11 is 6.20. The molecule has 2 nitrogen and oxygen atoms in total. The summed E-state index contributed by atoms with van der Waals surface area (Å²) in [6.45, 7) is 4.91. The molecule has 0 amide bonds. The standard InChI is InChI=1S/C13H14ClNO/c1-9-4-3-5-10(2)12(9)15-7-6-11(8-16)13(15)14/h3-5,8H,6-7H2,1-2H3. The van der Waals surface area contributed by atoms with Gasteiger partial charge in [0.1, 0.15) is 11.4 Å². The van der Waals surface area contributed by atoms with E-state index in [1.807, 2.05) is 11.0 Å². The Morgan fingerprint density at radius 2 is 1.94 bits per heavy atom. The van der Waals surface area contributed by atoms with Crippen LogP contribution < -0.4 is 4.90 Å². The van der Waals surface area contributed by atoms with E-state index < -0.39 is 0 Å². The van der Waals surface area contributed by atoms with E-state index in [-0.39, 0.29) is 0 Å². The number of para-hydroxylation sites is 1. The highest BCUT2D eigenvalue weighted by molar-refractivity contribution is 6.33. The van der Waals surface area contributed by atoms with Crippen molar-refractivity contribution in [2.24, 2.45) is 0 Å². The number of aldehydes is 1. The Kier molecular flexibility index (Phi) is 3.01. The Labute approximate surface area is 101 Å².